The number of carbonyl (C=O) groups excluding carboxylic acids is 1. The normalized spacial score (nSPS) is 19.4. The molecule has 0 spiro atoms. The van der Waals surface area contributed by atoms with Crippen molar-refractivity contribution in [3.8, 4) is 0 Å². The first kappa shape index (κ1) is 28.0. The van der Waals surface area contributed by atoms with Gasteiger partial charge in [-0.2, -0.15) is 4.31 Å². The maximum Gasteiger partial charge on any atom is 0.248 e. The Bertz CT molecular complexity index is 1510. The number of rotatable bonds is 6. The van der Waals surface area contributed by atoms with Crippen LogP contribution in [0.2, 0.25) is 0 Å². The molecule has 40 heavy (non-hydrogen) atoms. The maximum atomic E-state index is 14.0. The van der Waals surface area contributed by atoms with Crippen LogP contribution in [0.4, 0.5) is 10.1 Å². The second kappa shape index (κ2) is 11.5. The molecule has 2 saturated heterocycles. The zero-order valence-corrected chi connectivity index (χ0v) is 23.9. The van der Waals surface area contributed by atoms with Crippen LogP contribution in [0.5, 0.6) is 0 Å². The van der Waals surface area contributed by atoms with E-state index in [1.54, 1.807) is 25.1 Å². The number of nitrogens with zero attached hydrogens (tertiary/aromatic N) is 4. The summed E-state index contributed by atoms with van der Waals surface area (Å²) in [7, 11) is -3.92. The summed E-state index contributed by atoms with van der Waals surface area (Å²) >= 11 is 0. The number of carbonyl (C=O) groups is 1. The van der Waals surface area contributed by atoms with Crippen molar-refractivity contribution in [3.05, 3.63) is 76.9 Å². The van der Waals surface area contributed by atoms with Gasteiger partial charge >= 0.3 is 0 Å². The molecule has 0 unspecified atom stereocenters. The first-order chi connectivity index (χ1) is 19.1. The second-order valence-corrected chi connectivity index (χ2v) is 12.5. The summed E-state index contributed by atoms with van der Waals surface area (Å²) in [4.78, 5) is 17.7. The second-order valence-electron chi connectivity index (χ2n) is 10.7. The molecule has 8 nitrogen and oxygen atoms in total. The van der Waals surface area contributed by atoms with Crippen LogP contribution in [-0.4, -0.2) is 67.5 Å². The first-order valence-corrected chi connectivity index (χ1v) is 15.1. The molecule has 212 valence electrons. The molecule has 10 heteroatoms. The Morgan fingerprint density at radius 3 is 2.48 bits per heavy atom. The minimum atomic E-state index is -3.92. The van der Waals surface area contributed by atoms with Crippen molar-refractivity contribution < 1.29 is 22.1 Å². The molecule has 0 bridgehead atoms. The molecule has 1 aromatic heterocycles. The molecule has 5 rings (SSSR count). The van der Waals surface area contributed by atoms with E-state index in [0.717, 1.165) is 6.54 Å². The van der Waals surface area contributed by atoms with Gasteiger partial charge < -0.3 is 14.3 Å². The Hall–Kier alpha value is -3.50. The summed E-state index contributed by atoms with van der Waals surface area (Å²) < 4.78 is 47.9. The van der Waals surface area contributed by atoms with E-state index in [1.165, 1.54) is 33.8 Å². The quantitative estimate of drug-likeness (QED) is 0.429. The predicted octanol–water partition coefficient (Wildman–Crippen LogP) is 4.74. The van der Waals surface area contributed by atoms with Crippen LogP contribution in [0.1, 0.15) is 42.3 Å². The van der Waals surface area contributed by atoms with Crippen LogP contribution >= 0.6 is 0 Å². The van der Waals surface area contributed by atoms with Crippen molar-refractivity contribution in [1.29, 1.82) is 0 Å². The Balaban J connectivity index is 1.22. The summed E-state index contributed by atoms with van der Waals surface area (Å²) in [6.07, 6.45) is 3.81. The number of aryl methyl sites for hydroxylation is 2. The SMILES string of the molecule is Cc1cccc(N2CCN(C(=O)C3CCN(S(=O)(=O)c4c(C)noc4/C=C/c4ccccc4F)CC3)C[C@H]2C)c1. The van der Waals surface area contributed by atoms with E-state index in [-0.39, 0.29) is 47.3 Å². The number of piperazine rings is 1. The van der Waals surface area contributed by atoms with E-state index in [1.807, 2.05) is 4.90 Å². The minimum absolute atomic E-state index is 0.0223. The van der Waals surface area contributed by atoms with Gasteiger partial charge in [0.15, 0.2) is 10.7 Å². The van der Waals surface area contributed by atoms with E-state index in [2.05, 4.69) is 48.2 Å². The monoisotopic (exact) mass is 566 g/mol. The number of sulfonamides is 1. The zero-order valence-electron chi connectivity index (χ0n) is 23.1. The highest BCUT2D eigenvalue weighted by Gasteiger charge is 2.38. The van der Waals surface area contributed by atoms with Crippen molar-refractivity contribution in [3.63, 3.8) is 0 Å². The van der Waals surface area contributed by atoms with Crippen LogP contribution in [0.3, 0.4) is 0 Å². The van der Waals surface area contributed by atoms with Crippen LogP contribution in [0, 0.1) is 25.6 Å². The average Bonchev–Trinajstić information content (AvgIpc) is 3.33. The zero-order chi connectivity index (χ0) is 28.4. The number of amides is 1. The average molecular weight is 567 g/mol. The molecule has 0 saturated carbocycles. The van der Waals surface area contributed by atoms with Crippen LogP contribution in [0.25, 0.3) is 12.2 Å². The molecular weight excluding hydrogens is 531 g/mol. The number of anilines is 1. The minimum Gasteiger partial charge on any atom is -0.365 e. The lowest BCUT2D eigenvalue weighted by Gasteiger charge is -2.43. The van der Waals surface area contributed by atoms with E-state index >= 15 is 0 Å². The first-order valence-electron chi connectivity index (χ1n) is 13.7. The van der Waals surface area contributed by atoms with Gasteiger partial charge in [-0.25, -0.2) is 12.8 Å². The van der Waals surface area contributed by atoms with Gasteiger partial charge in [-0.05, 0) is 69.5 Å². The van der Waals surface area contributed by atoms with Crippen molar-refractivity contribution >= 4 is 33.8 Å². The molecular formula is C30H35FN4O4S. The third kappa shape index (κ3) is 5.69. The molecule has 0 N–H and O–H groups in total. The standard InChI is InChI=1S/C30H35FN4O4S/c1-21-7-6-9-26(19-21)35-18-17-33(20-22(35)2)30(36)25-13-15-34(16-14-25)40(37,38)29-23(3)32-39-28(29)12-11-24-8-4-5-10-27(24)31/h4-12,19,22,25H,13-18,20H2,1-3H3/b12-11+/t22-/m1/s1. The van der Waals surface area contributed by atoms with Gasteiger partial charge in [-0.3, -0.25) is 4.79 Å². The fraction of sp³-hybridized carbons (Fsp3) is 0.400. The highest BCUT2D eigenvalue weighted by molar-refractivity contribution is 7.89. The number of hydrogen-bond donors (Lipinski definition) is 0. The van der Waals surface area contributed by atoms with E-state index in [9.17, 15) is 17.6 Å². The Morgan fingerprint density at radius 2 is 1.77 bits per heavy atom. The number of piperidine rings is 1. The predicted molar refractivity (Wildman–Crippen MR) is 153 cm³/mol. The number of hydrogen-bond acceptors (Lipinski definition) is 6. The Kier molecular flexibility index (Phi) is 8.09. The molecule has 0 aliphatic carbocycles. The Labute approximate surface area is 235 Å². The van der Waals surface area contributed by atoms with Crippen LogP contribution < -0.4 is 4.90 Å². The lowest BCUT2D eigenvalue weighted by molar-refractivity contribution is -0.137. The lowest BCUT2D eigenvalue weighted by Crippen LogP contribution is -2.55. The number of aromatic nitrogens is 1. The third-order valence-corrected chi connectivity index (χ3v) is 9.88. The molecule has 2 aliphatic rings. The fourth-order valence-electron chi connectivity index (χ4n) is 5.65. The molecule has 3 aromatic rings. The number of halogens is 1. The van der Waals surface area contributed by atoms with Gasteiger partial charge in [-0.15, -0.1) is 0 Å². The van der Waals surface area contributed by atoms with Gasteiger partial charge in [0.25, 0.3) is 0 Å². The molecule has 1 atom stereocenters. The smallest absolute Gasteiger partial charge is 0.248 e. The van der Waals surface area contributed by atoms with E-state index < -0.39 is 15.8 Å². The van der Waals surface area contributed by atoms with Crippen molar-refractivity contribution in [2.45, 2.75) is 44.6 Å². The largest absolute Gasteiger partial charge is 0.365 e. The fourth-order valence-corrected chi connectivity index (χ4v) is 7.37. The molecule has 2 aliphatic heterocycles. The summed E-state index contributed by atoms with van der Waals surface area (Å²) in [5.41, 5.74) is 2.94. The topological polar surface area (TPSA) is 87.0 Å². The van der Waals surface area contributed by atoms with Gasteiger partial charge in [0, 0.05) is 55.9 Å². The summed E-state index contributed by atoms with van der Waals surface area (Å²) in [6, 6.07) is 14.8. The molecule has 2 fully saturated rings. The highest BCUT2D eigenvalue weighted by atomic mass is 32.2. The van der Waals surface area contributed by atoms with Crippen molar-refractivity contribution in [2.24, 2.45) is 5.92 Å². The summed E-state index contributed by atoms with van der Waals surface area (Å²) in [5.74, 6) is -0.479. The van der Waals surface area contributed by atoms with Crippen molar-refractivity contribution in [1.82, 2.24) is 14.4 Å². The molecule has 0 radical (unpaired) electrons. The van der Waals surface area contributed by atoms with Crippen LogP contribution in [0.15, 0.2) is 57.9 Å². The van der Waals surface area contributed by atoms with Gasteiger partial charge in [-0.1, -0.05) is 35.5 Å². The van der Waals surface area contributed by atoms with E-state index in [4.69, 9.17) is 4.52 Å². The lowest BCUT2D eigenvalue weighted by atomic mass is 9.95. The van der Waals surface area contributed by atoms with Gasteiger partial charge in [0.2, 0.25) is 15.9 Å². The number of benzene rings is 2. The summed E-state index contributed by atoms with van der Waals surface area (Å²) in [5, 5.41) is 3.87. The summed E-state index contributed by atoms with van der Waals surface area (Å²) in [6.45, 7) is 8.31. The van der Waals surface area contributed by atoms with Crippen molar-refractivity contribution in [2.75, 3.05) is 37.6 Å². The van der Waals surface area contributed by atoms with Gasteiger partial charge in [0.05, 0.1) is 0 Å². The van der Waals surface area contributed by atoms with E-state index in [0.29, 0.717) is 31.5 Å². The molecule has 2 aromatic carbocycles. The third-order valence-electron chi connectivity index (χ3n) is 7.83. The highest BCUT2D eigenvalue weighted by Crippen LogP contribution is 2.31. The molecule has 1 amide bonds. The van der Waals surface area contributed by atoms with Crippen LogP contribution in [-0.2, 0) is 14.8 Å². The maximum absolute atomic E-state index is 14.0. The molecule has 3 heterocycles. The van der Waals surface area contributed by atoms with Gasteiger partial charge in [0.1, 0.15) is 11.5 Å². The Morgan fingerprint density at radius 1 is 1.02 bits per heavy atom.